The minimum absolute atomic E-state index is 0.123. The van der Waals surface area contributed by atoms with Gasteiger partial charge in [0.25, 0.3) is 0 Å². The smallest absolute Gasteiger partial charge is 0.138 e. The maximum atomic E-state index is 4.29. The standard InChI is InChI=1S/C8H8N2.C2H6/c1-6-9-7-4-2-3-5-8(7)10-6;1-2/h2-6H,1H3;1-2H3. The molecule has 2 heteroatoms. The largest absolute Gasteiger partial charge is 0.257 e. The lowest BCUT2D eigenvalue weighted by molar-refractivity contribution is 0.787. The topological polar surface area (TPSA) is 24.7 Å². The quantitative estimate of drug-likeness (QED) is 0.549. The molecule has 2 rings (SSSR count). The molecule has 12 heavy (non-hydrogen) atoms. The van der Waals surface area contributed by atoms with Crippen LogP contribution in [0.5, 0.6) is 0 Å². The zero-order chi connectivity index (χ0) is 8.97. The van der Waals surface area contributed by atoms with Crippen molar-refractivity contribution in [1.82, 2.24) is 0 Å². The summed E-state index contributed by atoms with van der Waals surface area (Å²) in [5.41, 5.74) is 0. The number of hydrogen-bond acceptors (Lipinski definition) is 2. The molecule has 1 aliphatic heterocycles. The molecule has 1 heterocycles. The van der Waals surface area contributed by atoms with Gasteiger partial charge in [-0.15, -0.1) is 0 Å². The highest BCUT2D eigenvalue weighted by Crippen LogP contribution is 1.90. The van der Waals surface area contributed by atoms with Gasteiger partial charge in [0, 0.05) is 0 Å². The molecule has 0 aromatic heterocycles. The van der Waals surface area contributed by atoms with E-state index in [-0.39, 0.29) is 6.17 Å². The normalized spacial score (nSPS) is 13.6. The van der Waals surface area contributed by atoms with E-state index < -0.39 is 0 Å². The number of nitrogens with zero attached hydrogens (tertiary/aromatic N) is 2. The molecule has 0 aliphatic carbocycles. The molecule has 0 spiro atoms. The van der Waals surface area contributed by atoms with E-state index in [0.717, 1.165) is 10.7 Å². The van der Waals surface area contributed by atoms with Gasteiger partial charge in [0.2, 0.25) is 0 Å². The van der Waals surface area contributed by atoms with Crippen molar-refractivity contribution in [2.45, 2.75) is 26.9 Å². The van der Waals surface area contributed by atoms with Gasteiger partial charge in [-0.2, -0.15) is 0 Å². The maximum Gasteiger partial charge on any atom is 0.138 e. The van der Waals surface area contributed by atoms with Crippen LogP contribution in [0.25, 0.3) is 0 Å². The van der Waals surface area contributed by atoms with Crippen LogP contribution in [-0.2, 0) is 0 Å². The second kappa shape index (κ2) is 4.00. The molecule has 0 saturated carbocycles. The Morgan fingerprint density at radius 3 is 1.83 bits per heavy atom. The van der Waals surface area contributed by atoms with Gasteiger partial charge in [-0.05, 0) is 19.1 Å². The van der Waals surface area contributed by atoms with Crippen LogP contribution < -0.4 is 10.7 Å². The molecule has 0 amide bonds. The predicted molar refractivity (Wildman–Crippen MR) is 49.6 cm³/mol. The highest BCUT2D eigenvalue weighted by molar-refractivity contribution is 5.03. The monoisotopic (exact) mass is 162 g/mol. The van der Waals surface area contributed by atoms with Crippen LogP contribution in [-0.4, -0.2) is 6.17 Å². The van der Waals surface area contributed by atoms with Gasteiger partial charge in [0.1, 0.15) is 6.17 Å². The van der Waals surface area contributed by atoms with E-state index in [1.54, 1.807) is 0 Å². The number of rotatable bonds is 0. The summed E-state index contributed by atoms with van der Waals surface area (Å²) in [6.45, 7) is 5.99. The van der Waals surface area contributed by atoms with Gasteiger partial charge in [0.05, 0.1) is 10.7 Å². The van der Waals surface area contributed by atoms with E-state index in [2.05, 4.69) is 9.98 Å². The molecule has 1 aromatic carbocycles. The van der Waals surface area contributed by atoms with Crippen LogP contribution in [0.15, 0.2) is 34.3 Å². The number of para-hydroxylation sites is 2. The highest BCUT2D eigenvalue weighted by Gasteiger charge is 2.00. The second-order valence-corrected chi connectivity index (χ2v) is 2.38. The molecular formula is C10H14N2. The van der Waals surface area contributed by atoms with E-state index >= 15 is 0 Å². The summed E-state index contributed by atoms with van der Waals surface area (Å²) in [5.74, 6) is 0. The Hall–Kier alpha value is -1.18. The number of fused-ring (bicyclic) bond motifs is 1. The third kappa shape index (κ3) is 1.70. The number of benzene rings is 1. The fourth-order valence-corrected chi connectivity index (χ4v) is 1.11. The average Bonchev–Trinajstić information content (AvgIpc) is 2.48. The minimum atomic E-state index is 0.123. The summed E-state index contributed by atoms with van der Waals surface area (Å²) in [6.07, 6.45) is 0.123. The van der Waals surface area contributed by atoms with Crippen molar-refractivity contribution in [3.63, 3.8) is 0 Å². The van der Waals surface area contributed by atoms with Crippen molar-refractivity contribution in [3.8, 4) is 0 Å². The molecule has 0 radical (unpaired) electrons. The maximum absolute atomic E-state index is 4.29. The van der Waals surface area contributed by atoms with E-state index in [9.17, 15) is 0 Å². The van der Waals surface area contributed by atoms with Crippen molar-refractivity contribution in [2.75, 3.05) is 0 Å². The fourth-order valence-electron chi connectivity index (χ4n) is 1.11. The lowest BCUT2D eigenvalue weighted by atomic mass is 10.3. The second-order valence-electron chi connectivity index (χ2n) is 2.38. The van der Waals surface area contributed by atoms with Crippen LogP contribution in [0, 0.1) is 0 Å². The van der Waals surface area contributed by atoms with Crippen LogP contribution in [0.2, 0.25) is 0 Å². The summed E-state index contributed by atoms with van der Waals surface area (Å²) >= 11 is 0. The van der Waals surface area contributed by atoms with Crippen LogP contribution >= 0.6 is 0 Å². The first kappa shape index (κ1) is 8.91. The van der Waals surface area contributed by atoms with E-state index in [1.165, 1.54) is 0 Å². The van der Waals surface area contributed by atoms with E-state index in [0.29, 0.717) is 0 Å². The summed E-state index contributed by atoms with van der Waals surface area (Å²) < 4.78 is 0. The molecule has 0 unspecified atom stereocenters. The Morgan fingerprint density at radius 1 is 1.00 bits per heavy atom. The number of hydrogen-bond donors (Lipinski definition) is 0. The first-order valence-electron chi connectivity index (χ1n) is 4.37. The highest BCUT2D eigenvalue weighted by atomic mass is 15.0. The van der Waals surface area contributed by atoms with Crippen molar-refractivity contribution in [1.29, 1.82) is 0 Å². The third-order valence-electron chi connectivity index (χ3n) is 1.53. The van der Waals surface area contributed by atoms with Gasteiger partial charge in [-0.1, -0.05) is 26.0 Å². The SMILES string of the molecule is CC.CC1N=c2ccccc2=N1. The van der Waals surface area contributed by atoms with Crippen LogP contribution in [0.3, 0.4) is 0 Å². The zero-order valence-electron chi connectivity index (χ0n) is 7.78. The summed E-state index contributed by atoms with van der Waals surface area (Å²) in [4.78, 5) is 8.57. The minimum Gasteiger partial charge on any atom is -0.257 e. The fraction of sp³-hybridized carbons (Fsp3) is 0.400. The van der Waals surface area contributed by atoms with Gasteiger partial charge in [-0.3, -0.25) is 9.98 Å². The van der Waals surface area contributed by atoms with Gasteiger partial charge >= 0.3 is 0 Å². The summed E-state index contributed by atoms with van der Waals surface area (Å²) in [5, 5.41) is 2.05. The summed E-state index contributed by atoms with van der Waals surface area (Å²) in [7, 11) is 0. The Kier molecular flexibility index (Phi) is 2.97. The molecule has 2 nitrogen and oxygen atoms in total. The summed E-state index contributed by atoms with van der Waals surface area (Å²) in [6, 6.07) is 7.94. The molecule has 1 aliphatic rings. The van der Waals surface area contributed by atoms with E-state index in [4.69, 9.17) is 0 Å². The Morgan fingerprint density at radius 2 is 1.42 bits per heavy atom. The Labute approximate surface area is 72.7 Å². The predicted octanol–water partition coefficient (Wildman–Crippen LogP) is 1.31. The van der Waals surface area contributed by atoms with Crippen molar-refractivity contribution in [2.24, 2.45) is 9.98 Å². The van der Waals surface area contributed by atoms with E-state index in [1.807, 2.05) is 45.0 Å². The average molecular weight is 162 g/mol. The molecule has 0 fully saturated rings. The van der Waals surface area contributed by atoms with Crippen molar-refractivity contribution >= 4 is 0 Å². The van der Waals surface area contributed by atoms with Crippen LogP contribution in [0.4, 0.5) is 0 Å². The molecular weight excluding hydrogens is 148 g/mol. The molecule has 0 N–H and O–H groups in total. The van der Waals surface area contributed by atoms with Gasteiger partial charge in [-0.25, -0.2) is 0 Å². The van der Waals surface area contributed by atoms with Crippen molar-refractivity contribution < 1.29 is 0 Å². The van der Waals surface area contributed by atoms with Gasteiger partial charge in [0.15, 0.2) is 0 Å². The Bertz CT molecular complexity index is 319. The first-order chi connectivity index (χ1) is 5.86. The lowest BCUT2D eigenvalue weighted by Crippen LogP contribution is -2.19. The van der Waals surface area contributed by atoms with Crippen LogP contribution in [0.1, 0.15) is 20.8 Å². The first-order valence-corrected chi connectivity index (χ1v) is 4.37. The molecule has 0 saturated heterocycles. The Balaban J connectivity index is 0.000000336. The molecule has 0 bridgehead atoms. The zero-order valence-corrected chi connectivity index (χ0v) is 7.78. The third-order valence-corrected chi connectivity index (χ3v) is 1.53. The molecule has 64 valence electrons. The lowest BCUT2D eigenvalue weighted by Gasteiger charge is -1.85. The molecule has 1 aromatic rings. The molecule has 0 atom stereocenters. The van der Waals surface area contributed by atoms with Gasteiger partial charge < -0.3 is 0 Å². The van der Waals surface area contributed by atoms with Crippen molar-refractivity contribution in [3.05, 3.63) is 35.0 Å².